The van der Waals surface area contributed by atoms with E-state index in [2.05, 4.69) is 15.6 Å². The fraction of sp³-hybridized carbons (Fsp3) is 0.133. The maximum absolute atomic E-state index is 12.0. The molecule has 2 heterocycles. The van der Waals surface area contributed by atoms with Gasteiger partial charge in [-0.1, -0.05) is 40.6 Å². The van der Waals surface area contributed by atoms with Crippen molar-refractivity contribution < 1.29 is 13.8 Å². The molecule has 0 unspecified atom stereocenters. The highest BCUT2D eigenvalue weighted by atomic mass is 16.5. The summed E-state index contributed by atoms with van der Waals surface area (Å²) in [5.74, 6) is 0.937. The van der Waals surface area contributed by atoms with Crippen molar-refractivity contribution >= 4 is 5.91 Å². The van der Waals surface area contributed by atoms with Gasteiger partial charge in [0.25, 0.3) is 5.91 Å². The van der Waals surface area contributed by atoms with E-state index in [0.29, 0.717) is 17.2 Å². The average Bonchev–Trinajstić information content (AvgIpc) is 3.15. The van der Waals surface area contributed by atoms with E-state index >= 15 is 0 Å². The first-order chi connectivity index (χ1) is 10.2. The highest BCUT2D eigenvalue weighted by molar-refractivity contribution is 5.92. The molecule has 1 aromatic carbocycles. The number of hydrogen-bond acceptors (Lipinski definition) is 5. The molecule has 3 rings (SSSR count). The molecule has 0 aliphatic heterocycles. The Labute approximate surface area is 120 Å². The Kier molecular flexibility index (Phi) is 3.51. The molecule has 2 aromatic heterocycles. The highest BCUT2D eigenvalue weighted by Gasteiger charge is 2.13. The summed E-state index contributed by atoms with van der Waals surface area (Å²) in [4.78, 5) is 12.0. The predicted molar refractivity (Wildman–Crippen MR) is 74.3 cm³/mol. The Hall–Kier alpha value is -2.89. The molecule has 21 heavy (non-hydrogen) atoms. The maximum Gasteiger partial charge on any atom is 0.273 e. The molecule has 3 aromatic rings. The number of nitrogens with one attached hydrogen (secondary N) is 1. The number of nitrogens with zero attached hydrogens (tertiary/aromatic N) is 2. The van der Waals surface area contributed by atoms with Gasteiger partial charge in [0.05, 0.1) is 6.54 Å². The van der Waals surface area contributed by atoms with Gasteiger partial charge in [0, 0.05) is 17.7 Å². The third-order valence-corrected chi connectivity index (χ3v) is 2.91. The SMILES string of the molecule is Cc1cc(CNC(=O)c2cc(-c3ccccc3)on2)no1. The van der Waals surface area contributed by atoms with E-state index in [-0.39, 0.29) is 18.1 Å². The molecule has 0 atom stereocenters. The van der Waals surface area contributed by atoms with E-state index in [4.69, 9.17) is 9.05 Å². The quantitative estimate of drug-likeness (QED) is 0.795. The molecular formula is C15H13N3O3. The molecule has 0 saturated heterocycles. The fourth-order valence-corrected chi connectivity index (χ4v) is 1.88. The van der Waals surface area contributed by atoms with Crippen LogP contribution in [-0.4, -0.2) is 16.2 Å². The van der Waals surface area contributed by atoms with Crippen LogP contribution in [0.5, 0.6) is 0 Å². The summed E-state index contributed by atoms with van der Waals surface area (Å²) >= 11 is 0. The Balaban J connectivity index is 1.67. The van der Waals surface area contributed by atoms with Crippen molar-refractivity contribution in [2.45, 2.75) is 13.5 Å². The molecule has 6 nitrogen and oxygen atoms in total. The smallest absolute Gasteiger partial charge is 0.273 e. The van der Waals surface area contributed by atoms with Gasteiger partial charge in [-0.15, -0.1) is 0 Å². The van der Waals surface area contributed by atoms with Crippen LogP contribution in [0.2, 0.25) is 0 Å². The Bertz CT molecular complexity index is 746. The zero-order chi connectivity index (χ0) is 14.7. The van der Waals surface area contributed by atoms with Crippen molar-refractivity contribution in [3.05, 3.63) is 59.6 Å². The summed E-state index contributed by atoms with van der Waals surface area (Å²) in [6, 6.07) is 12.8. The molecule has 0 aliphatic carbocycles. The summed E-state index contributed by atoms with van der Waals surface area (Å²) in [6.07, 6.45) is 0. The van der Waals surface area contributed by atoms with Gasteiger partial charge in [0.1, 0.15) is 11.5 Å². The van der Waals surface area contributed by atoms with Gasteiger partial charge >= 0.3 is 0 Å². The lowest BCUT2D eigenvalue weighted by Gasteiger charge is -1.97. The highest BCUT2D eigenvalue weighted by Crippen LogP contribution is 2.19. The standard InChI is InChI=1S/C15H13N3O3/c1-10-7-12(17-20-10)9-16-15(19)13-8-14(21-18-13)11-5-3-2-4-6-11/h2-8H,9H2,1H3,(H,16,19). The minimum atomic E-state index is -0.318. The topological polar surface area (TPSA) is 81.2 Å². The third kappa shape index (κ3) is 3.00. The Morgan fingerprint density at radius 1 is 1.14 bits per heavy atom. The first-order valence-corrected chi connectivity index (χ1v) is 6.45. The number of rotatable bonds is 4. The van der Waals surface area contributed by atoms with Crippen LogP contribution in [0.1, 0.15) is 21.9 Å². The monoisotopic (exact) mass is 283 g/mol. The van der Waals surface area contributed by atoms with Gasteiger partial charge in [0.15, 0.2) is 11.5 Å². The fourth-order valence-electron chi connectivity index (χ4n) is 1.88. The number of carbonyl (C=O) groups excluding carboxylic acids is 1. The van der Waals surface area contributed by atoms with Crippen LogP contribution in [0.4, 0.5) is 0 Å². The van der Waals surface area contributed by atoms with Crippen molar-refractivity contribution in [3.63, 3.8) is 0 Å². The average molecular weight is 283 g/mol. The molecule has 0 bridgehead atoms. The maximum atomic E-state index is 12.0. The summed E-state index contributed by atoms with van der Waals surface area (Å²) in [7, 11) is 0. The molecule has 0 fully saturated rings. The molecule has 0 radical (unpaired) electrons. The zero-order valence-corrected chi connectivity index (χ0v) is 11.4. The number of hydrogen-bond donors (Lipinski definition) is 1. The normalized spacial score (nSPS) is 10.5. The van der Waals surface area contributed by atoms with Gasteiger partial charge < -0.3 is 14.4 Å². The van der Waals surface area contributed by atoms with Crippen LogP contribution < -0.4 is 5.32 Å². The summed E-state index contributed by atoms with van der Waals surface area (Å²) in [5.41, 5.74) is 1.76. The third-order valence-electron chi connectivity index (χ3n) is 2.91. The van der Waals surface area contributed by atoms with Gasteiger partial charge in [-0.05, 0) is 6.92 Å². The largest absolute Gasteiger partial charge is 0.361 e. The molecule has 106 valence electrons. The number of aryl methyl sites for hydroxylation is 1. The predicted octanol–water partition coefficient (Wildman–Crippen LogP) is 2.57. The molecule has 1 N–H and O–H groups in total. The van der Waals surface area contributed by atoms with E-state index in [1.54, 1.807) is 19.1 Å². The Morgan fingerprint density at radius 2 is 1.95 bits per heavy atom. The van der Waals surface area contributed by atoms with Crippen LogP contribution >= 0.6 is 0 Å². The minimum absolute atomic E-state index is 0.231. The second-order valence-electron chi connectivity index (χ2n) is 4.55. The van der Waals surface area contributed by atoms with Gasteiger partial charge in [-0.25, -0.2) is 0 Å². The summed E-state index contributed by atoms with van der Waals surface area (Å²) < 4.78 is 10.1. The Morgan fingerprint density at radius 3 is 2.67 bits per heavy atom. The van der Waals surface area contributed by atoms with Crippen molar-refractivity contribution in [1.29, 1.82) is 0 Å². The molecular weight excluding hydrogens is 270 g/mol. The van der Waals surface area contributed by atoms with E-state index in [1.165, 1.54) is 0 Å². The van der Waals surface area contributed by atoms with E-state index < -0.39 is 0 Å². The van der Waals surface area contributed by atoms with Crippen LogP contribution in [-0.2, 0) is 6.54 Å². The minimum Gasteiger partial charge on any atom is -0.361 e. The molecule has 1 amide bonds. The second kappa shape index (κ2) is 5.62. The lowest BCUT2D eigenvalue weighted by Crippen LogP contribution is -2.23. The first-order valence-electron chi connectivity index (χ1n) is 6.45. The van der Waals surface area contributed by atoms with Crippen molar-refractivity contribution in [1.82, 2.24) is 15.6 Å². The van der Waals surface area contributed by atoms with Crippen molar-refractivity contribution in [2.24, 2.45) is 0 Å². The van der Waals surface area contributed by atoms with Crippen molar-refractivity contribution in [3.8, 4) is 11.3 Å². The number of aromatic nitrogens is 2. The molecule has 0 spiro atoms. The molecule has 0 saturated carbocycles. The van der Waals surface area contributed by atoms with Crippen molar-refractivity contribution in [2.75, 3.05) is 0 Å². The second-order valence-corrected chi connectivity index (χ2v) is 4.55. The lowest BCUT2D eigenvalue weighted by atomic mass is 10.1. The van der Waals surface area contributed by atoms with Gasteiger partial charge in [0.2, 0.25) is 0 Å². The number of carbonyl (C=O) groups is 1. The number of benzene rings is 1. The molecule has 6 heteroatoms. The van der Waals surface area contributed by atoms with E-state index in [9.17, 15) is 4.79 Å². The van der Waals surface area contributed by atoms with Crippen LogP contribution in [0.3, 0.4) is 0 Å². The lowest BCUT2D eigenvalue weighted by molar-refractivity contribution is 0.0941. The first kappa shape index (κ1) is 13.1. The summed E-state index contributed by atoms with van der Waals surface area (Å²) in [6.45, 7) is 2.08. The summed E-state index contributed by atoms with van der Waals surface area (Å²) in [5, 5.41) is 10.3. The van der Waals surface area contributed by atoms with Crippen LogP contribution in [0, 0.1) is 6.92 Å². The molecule has 0 aliphatic rings. The van der Waals surface area contributed by atoms with Crippen LogP contribution in [0.25, 0.3) is 11.3 Å². The zero-order valence-electron chi connectivity index (χ0n) is 11.4. The van der Waals surface area contributed by atoms with Gasteiger partial charge in [-0.3, -0.25) is 4.79 Å². The van der Waals surface area contributed by atoms with Gasteiger partial charge in [-0.2, -0.15) is 0 Å². The van der Waals surface area contributed by atoms with E-state index in [1.807, 2.05) is 30.3 Å². The number of amides is 1. The van der Waals surface area contributed by atoms with Crippen LogP contribution in [0.15, 0.2) is 51.5 Å². The van der Waals surface area contributed by atoms with E-state index in [0.717, 1.165) is 5.56 Å².